The van der Waals surface area contributed by atoms with E-state index < -0.39 is 7.82 Å². The monoisotopic (exact) mass is 1120 g/mol. The van der Waals surface area contributed by atoms with E-state index in [1.165, 1.54) is 289 Å². The van der Waals surface area contributed by atoms with Gasteiger partial charge in [0, 0.05) is 39.3 Å². The zero-order valence-corrected chi connectivity index (χ0v) is 53.2. The van der Waals surface area contributed by atoms with Crippen molar-refractivity contribution in [2.24, 2.45) is 0 Å². The summed E-state index contributed by atoms with van der Waals surface area (Å²) in [4.78, 5) is 6.61. The van der Waals surface area contributed by atoms with Gasteiger partial charge in [-0.3, -0.25) is 28.3 Å². The number of nitrogens with zero attached hydrogens (tertiary/aromatic N) is 3. The van der Waals surface area contributed by atoms with E-state index in [1.54, 1.807) is 0 Å². The minimum absolute atomic E-state index is 0.0731. The lowest BCUT2D eigenvalue weighted by Crippen LogP contribution is -2.33. The molecule has 0 amide bonds. The largest absolute Gasteiger partial charge is 0.474 e. The molecule has 0 aromatic carbocycles. The Morgan fingerprint density at radius 3 is 0.545 bits per heavy atom. The molecule has 0 aromatic rings. The number of phosphoric ester groups is 1. The molecule has 0 rings (SSSR count). The van der Waals surface area contributed by atoms with Gasteiger partial charge in [0.2, 0.25) is 0 Å². The molecule has 0 aromatic heterocycles. The van der Waals surface area contributed by atoms with Gasteiger partial charge < -0.3 is 15.3 Å². The first kappa shape index (κ1) is 76.9. The van der Waals surface area contributed by atoms with Crippen LogP contribution < -0.4 is 0 Å². The highest BCUT2D eigenvalue weighted by Crippen LogP contribution is 2.49. The normalized spacial score (nSPS) is 12.2. The van der Waals surface area contributed by atoms with E-state index in [0.29, 0.717) is 39.3 Å². The van der Waals surface area contributed by atoms with Gasteiger partial charge in [0.15, 0.2) is 0 Å². The van der Waals surface area contributed by atoms with Crippen molar-refractivity contribution < 1.29 is 33.5 Å². The molecular formula is C66H138N3O7P. The van der Waals surface area contributed by atoms with E-state index in [0.717, 1.165) is 38.9 Å². The molecule has 0 bridgehead atoms. The summed E-state index contributed by atoms with van der Waals surface area (Å²) in [6.07, 6.45) is 64.3. The Bertz CT molecular complexity index is 1010. The molecule has 0 heterocycles. The van der Waals surface area contributed by atoms with E-state index in [-0.39, 0.29) is 39.6 Å². The van der Waals surface area contributed by atoms with Crippen molar-refractivity contribution in [1.29, 1.82) is 0 Å². The van der Waals surface area contributed by atoms with E-state index in [9.17, 15) is 19.9 Å². The molecule has 77 heavy (non-hydrogen) atoms. The summed E-state index contributed by atoms with van der Waals surface area (Å²) in [6.45, 7) is 13.6. The number of aliphatic hydroxyl groups excluding tert-OH is 3. The number of hydrogen-bond donors (Lipinski definition) is 3. The minimum atomic E-state index is -3.90. The third-order valence-corrected chi connectivity index (χ3v) is 17.7. The van der Waals surface area contributed by atoms with Crippen LogP contribution in [0, 0.1) is 0 Å². The summed E-state index contributed by atoms with van der Waals surface area (Å²) < 4.78 is 32.5. The predicted molar refractivity (Wildman–Crippen MR) is 335 cm³/mol. The molecule has 0 spiro atoms. The van der Waals surface area contributed by atoms with Gasteiger partial charge in [0.25, 0.3) is 0 Å². The number of rotatable bonds is 69. The smallest absolute Gasteiger partial charge is 0.395 e. The lowest BCUT2D eigenvalue weighted by molar-refractivity contribution is 0.0783. The van der Waals surface area contributed by atoms with Gasteiger partial charge in [0.05, 0.1) is 39.6 Å². The number of aliphatic hydroxyl groups is 3. The van der Waals surface area contributed by atoms with Crippen LogP contribution in [-0.4, -0.2) is 129 Å². The summed E-state index contributed by atoms with van der Waals surface area (Å²) in [5.74, 6) is 0. The lowest BCUT2D eigenvalue weighted by atomic mass is 10.0. The van der Waals surface area contributed by atoms with Crippen molar-refractivity contribution in [2.75, 3.05) is 98.5 Å². The number of phosphoric acid groups is 1. The summed E-state index contributed by atoms with van der Waals surface area (Å²) in [5, 5.41) is 29.7. The van der Waals surface area contributed by atoms with Gasteiger partial charge in [-0.1, -0.05) is 310 Å². The lowest BCUT2D eigenvalue weighted by Gasteiger charge is -2.26. The van der Waals surface area contributed by atoms with Crippen LogP contribution in [0.15, 0.2) is 0 Å². The molecule has 0 unspecified atom stereocenters. The van der Waals surface area contributed by atoms with Crippen molar-refractivity contribution >= 4 is 7.82 Å². The minimum Gasteiger partial charge on any atom is -0.395 e. The Hall–Kier alpha value is -0.130. The fourth-order valence-corrected chi connectivity index (χ4v) is 12.2. The first-order valence-electron chi connectivity index (χ1n) is 34.5. The molecule has 0 aliphatic heterocycles. The Labute approximate surface area is 481 Å². The maximum absolute atomic E-state index is 14.3. The van der Waals surface area contributed by atoms with Gasteiger partial charge >= 0.3 is 7.82 Å². The van der Waals surface area contributed by atoms with E-state index in [1.807, 2.05) is 0 Å². The Morgan fingerprint density at radius 1 is 0.234 bits per heavy atom. The van der Waals surface area contributed by atoms with Crippen LogP contribution >= 0.6 is 7.82 Å². The Kier molecular flexibility index (Phi) is 64.9. The second-order valence-electron chi connectivity index (χ2n) is 23.6. The van der Waals surface area contributed by atoms with Gasteiger partial charge in [-0.2, -0.15) is 0 Å². The van der Waals surface area contributed by atoms with Gasteiger partial charge in [-0.25, -0.2) is 4.57 Å². The second-order valence-corrected chi connectivity index (χ2v) is 25.2. The molecule has 10 nitrogen and oxygen atoms in total. The molecule has 11 heteroatoms. The van der Waals surface area contributed by atoms with Crippen molar-refractivity contribution in [3.8, 4) is 0 Å². The molecule has 0 radical (unpaired) electrons. The maximum Gasteiger partial charge on any atom is 0.474 e. The third-order valence-electron chi connectivity index (χ3n) is 16.2. The number of hydrogen-bond acceptors (Lipinski definition) is 10. The predicted octanol–water partition coefficient (Wildman–Crippen LogP) is 18.8. The maximum atomic E-state index is 14.3. The highest BCUT2D eigenvalue weighted by Gasteiger charge is 2.28. The molecule has 0 aliphatic rings. The highest BCUT2D eigenvalue weighted by molar-refractivity contribution is 7.48. The van der Waals surface area contributed by atoms with E-state index in [2.05, 4.69) is 35.5 Å². The zero-order chi connectivity index (χ0) is 55.9. The first-order valence-corrected chi connectivity index (χ1v) is 36.0. The molecule has 3 N–H and O–H groups in total. The Balaban J connectivity index is 4.87. The zero-order valence-electron chi connectivity index (χ0n) is 52.3. The molecular weight excluding hydrogens is 978 g/mol. The van der Waals surface area contributed by atoms with Crippen molar-refractivity contribution in [2.45, 2.75) is 329 Å². The highest BCUT2D eigenvalue weighted by atomic mass is 31.2. The SMILES string of the molecule is CCCCCCCCCCCCCCCCCCN(CCO)CCOP(=O)(OCCN(CCO)CCCCCCCCCCCCCCCCCC)OCCN(CCO)CCCCCCCCCCCCCCCCCC. The van der Waals surface area contributed by atoms with Crippen LogP contribution in [0.3, 0.4) is 0 Å². The summed E-state index contributed by atoms with van der Waals surface area (Å²) in [7, 11) is -3.90. The molecule has 464 valence electrons. The standard InChI is InChI=1S/C66H138N3O7P/c1-4-7-10-13-16-19-22-25-28-31-34-37-40-43-46-49-52-67(55-61-70)58-64-74-77(73,75-65-59-68(56-62-71)53-50-47-44-41-38-35-32-29-26-23-20-17-14-11-8-5-2)76-66-60-69(57-63-72)54-51-48-45-42-39-36-33-30-27-24-21-18-15-12-9-6-3/h70-72H,4-66H2,1-3H3. The summed E-state index contributed by atoms with van der Waals surface area (Å²) in [6, 6.07) is 0. The summed E-state index contributed by atoms with van der Waals surface area (Å²) in [5.41, 5.74) is 0. The molecule has 0 aliphatic carbocycles. The van der Waals surface area contributed by atoms with Crippen molar-refractivity contribution in [3.05, 3.63) is 0 Å². The van der Waals surface area contributed by atoms with Crippen LogP contribution in [0.2, 0.25) is 0 Å². The van der Waals surface area contributed by atoms with E-state index in [4.69, 9.17) is 13.6 Å². The van der Waals surface area contributed by atoms with Crippen LogP contribution in [0.25, 0.3) is 0 Å². The number of unbranched alkanes of at least 4 members (excludes halogenated alkanes) is 45. The van der Waals surface area contributed by atoms with Gasteiger partial charge in [-0.15, -0.1) is 0 Å². The first-order chi connectivity index (χ1) is 38.0. The third kappa shape index (κ3) is 58.9. The van der Waals surface area contributed by atoms with Crippen molar-refractivity contribution in [1.82, 2.24) is 14.7 Å². The summed E-state index contributed by atoms with van der Waals surface area (Å²) >= 11 is 0. The van der Waals surface area contributed by atoms with Crippen LogP contribution in [0.4, 0.5) is 0 Å². The molecule has 0 saturated heterocycles. The van der Waals surface area contributed by atoms with Crippen LogP contribution in [0.5, 0.6) is 0 Å². The quantitative estimate of drug-likeness (QED) is 0.0402. The van der Waals surface area contributed by atoms with Gasteiger partial charge in [0.1, 0.15) is 0 Å². The topological polar surface area (TPSA) is 115 Å². The van der Waals surface area contributed by atoms with Crippen LogP contribution in [0.1, 0.15) is 329 Å². The molecule has 0 saturated carbocycles. The van der Waals surface area contributed by atoms with Crippen molar-refractivity contribution in [3.63, 3.8) is 0 Å². The van der Waals surface area contributed by atoms with E-state index >= 15 is 0 Å². The average molecular weight is 1120 g/mol. The average Bonchev–Trinajstić information content (AvgIpc) is 3.42. The fourth-order valence-electron chi connectivity index (χ4n) is 11.0. The van der Waals surface area contributed by atoms with Gasteiger partial charge in [-0.05, 0) is 38.9 Å². The fraction of sp³-hybridized carbons (Fsp3) is 1.00. The molecule has 0 fully saturated rings. The van der Waals surface area contributed by atoms with Crippen LogP contribution in [-0.2, 0) is 18.1 Å². The second kappa shape index (κ2) is 65.0. The molecule has 0 atom stereocenters. The Morgan fingerprint density at radius 2 is 0.390 bits per heavy atom.